The number of hydrogen-bond acceptors (Lipinski definition) is 3. The van der Waals surface area contributed by atoms with Crippen LogP contribution < -0.4 is 10.9 Å². The largest absolute Gasteiger partial charge is 0.314 e. The first kappa shape index (κ1) is 17.5. The fourth-order valence-corrected chi connectivity index (χ4v) is 3.06. The van der Waals surface area contributed by atoms with Gasteiger partial charge in [0.05, 0.1) is 17.1 Å². The van der Waals surface area contributed by atoms with Crippen LogP contribution in [0.2, 0.25) is 0 Å². The number of aromatic nitrogens is 4. The van der Waals surface area contributed by atoms with Crippen molar-refractivity contribution in [3.05, 3.63) is 94.7 Å². The molecule has 0 aliphatic carbocycles. The van der Waals surface area contributed by atoms with Crippen molar-refractivity contribution in [3.63, 3.8) is 0 Å². The zero-order valence-corrected chi connectivity index (χ0v) is 15.5. The minimum Gasteiger partial charge on any atom is -0.314 e. The molecular formula is C21H19N5O2. The third kappa shape index (κ3) is 3.03. The van der Waals surface area contributed by atoms with E-state index in [0.29, 0.717) is 5.69 Å². The van der Waals surface area contributed by atoms with Gasteiger partial charge in [-0.3, -0.25) is 14.3 Å². The van der Waals surface area contributed by atoms with Crippen molar-refractivity contribution in [2.24, 2.45) is 7.05 Å². The van der Waals surface area contributed by atoms with Gasteiger partial charge in [0.15, 0.2) is 5.69 Å². The van der Waals surface area contributed by atoms with Crippen molar-refractivity contribution in [3.8, 4) is 11.4 Å². The number of carbonyl (C=O) groups excluding carboxylic acids is 1. The van der Waals surface area contributed by atoms with E-state index in [1.54, 1.807) is 35.6 Å². The van der Waals surface area contributed by atoms with Crippen LogP contribution in [0.4, 0.5) is 5.69 Å². The fourth-order valence-electron chi connectivity index (χ4n) is 3.06. The number of hydrogen-bond donors (Lipinski definition) is 1. The summed E-state index contributed by atoms with van der Waals surface area (Å²) in [5, 5.41) is 7.03. The molecule has 0 atom stereocenters. The molecule has 0 saturated heterocycles. The maximum atomic E-state index is 12.9. The van der Waals surface area contributed by atoms with Gasteiger partial charge in [-0.15, -0.1) is 0 Å². The van der Waals surface area contributed by atoms with Crippen LogP contribution in [-0.2, 0) is 7.05 Å². The predicted octanol–water partition coefficient (Wildman–Crippen LogP) is 2.92. The molecule has 28 heavy (non-hydrogen) atoms. The van der Waals surface area contributed by atoms with E-state index in [2.05, 4.69) is 10.4 Å². The second-order valence-electron chi connectivity index (χ2n) is 6.37. The Morgan fingerprint density at radius 3 is 2.18 bits per heavy atom. The third-order valence-electron chi connectivity index (χ3n) is 4.64. The summed E-state index contributed by atoms with van der Waals surface area (Å²) in [5.74, 6) is -0.430. The molecule has 4 aromatic rings. The third-order valence-corrected chi connectivity index (χ3v) is 4.64. The highest BCUT2D eigenvalue weighted by molar-refractivity contribution is 6.03. The van der Waals surface area contributed by atoms with Crippen molar-refractivity contribution in [2.45, 2.75) is 6.92 Å². The van der Waals surface area contributed by atoms with Crippen molar-refractivity contribution in [1.82, 2.24) is 19.1 Å². The van der Waals surface area contributed by atoms with Gasteiger partial charge in [0.2, 0.25) is 0 Å². The van der Waals surface area contributed by atoms with Crippen molar-refractivity contribution in [1.29, 1.82) is 0 Å². The van der Waals surface area contributed by atoms with Crippen LogP contribution in [0.5, 0.6) is 0 Å². The molecule has 2 heterocycles. The van der Waals surface area contributed by atoms with Crippen LogP contribution in [0.3, 0.4) is 0 Å². The molecule has 0 fully saturated rings. The summed E-state index contributed by atoms with van der Waals surface area (Å²) >= 11 is 0. The van der Waals surface area contributed by atoms with Gasteiger partial charge < -0.3 is 5.32 Å². The molecule has 0 saturated carbocycles. The number of nitrogens with one attached hydrogen (secondary N) is 1. The average molecular weight is 373 g/mol. The lowest BCUT2D eigenvalue weighted by molar-refractivity contribution is 0.102. The van der Waals surface area contributed by atoms with Crippen molar-refractivity contribution >= 4 is 11.6 Å². The molecule has 140 valence electrons. The molecule has 1 amide bonds. The molecule has 7 nitrogen and oxygen atoms in total. The molecule has 0 radical (unpaired) electrons. The summed E-state index contributed by atoms with van der Waals surface area (Å²) in [5.41, 5.74) is 2.42. The Morgan fingerprint density at radius 2 is 1.54 bits per heavy atom. The summed E-state index contributed by atoms with van der Waals surface area (Å²) in [6, 6.07) is 20.4. The lowest BCUT2D eigenvalue weighted by Crippen LogP contribution is -2.23. The Labute approximate surface area is 161 Å². The van der Waals surface area contributed by atoms with E-state index in [-0.39, 0.29) is 16.9 Å². The van der Waals surface area contributed by atoms with E-state index in [4.69, 9.17) is 0 Å². The van der Waals surface area contributed by atoms with Gasteiger partial charge in [-0.05, 0) is 37.3 Å². The quantitative estimate of drug-likeness (QED) is 0.598. The first-order chi connectivity index (χ1) is 13.6. The smallest absolute Gasteiger partial charge is 0.295 e. The van der Waals surface area contributed by atoms with Crippen LogP contribution >= 0.6 is 0 Å². The van der Waals surface area contributed by atoms with E-state index >= 15 is 0 Å². The minimum atomic E-state index is -0.430. The Morgan fingerprint density at radius 1 is 0.929 bits per heavy atom. The number of rotatable bonds is 4. The SMILES string of the molecule is Cc1c(NC(=O)c2ccn(-c3ccccc3)n2)c(=O)n(-c2ccccc2)n1C. The Bertz CT molecular complexity index is 1190. The number of anilines is 1. The molecule has 0 unspecified atom stereocenters. The number of nitrogens with zero attached hydrogens (tertiary/aromatic N) is 4. The van der Waals surface area contributed by atoms with Gasteiger partial charge in [-0.25, -0.2) is 9.36 Å². The van der Waals surface area contributed by atoms with Crippen LogP contribution in [-0.4, -0.2) is 25.1 Å². The summed E-state index contributed by atoms with van der Waals surface area (Å²) < 4.78 is 4.86. The number of benzene rings is 2. The average Bonchev–Trinajstić information content (AvgIpc) is 3.30. The first-order valence-corrected chi connectivity index (χ1v) is 8.83. The van der Waals surface area contributed by atoms with E-state index in [9.17, 15) is 9.59 Å². The molecule has 2 aromatic heterocycles. The maximum Gasteiger partial charge on any atom is 0.295 e. The molecule has 2 aromatic carbocycles. The normalized spacial score (nSPS) is 10.8. The predicted molar refractivity (Wildman–Crippen MR) is 107 cm³/mol. The molecule has 0 spiro atoms. The molecule has 0 aliphatic heterocycles. The Kier molecular flexibility index (Phi) is 4.41. The van der Waals surface area contributed by atoms with E-state index < -0.39 is 5.91 Å². The summed E-state index contributed by atoms with van der Waals surface area (Å²) in [4.78, 5) is 25.6. The highest BCUT2D eigenvalue weighted by Gasteiger charge is 2.20. The van der Waals surface area contributed by atoms with Crippen molar-refractivity contribution < 1.29 is 4.79 Å². The fraction of sp³-hybridized carbons (Fsp3) is 0.0952. The van der Waals surface area contributed by atoms with E-state index in [0.717, 1.165) is 11.4 Å². The van der Waals surface area contributed by atoms with Gasteiger partial charge in [-0.2, -0.15) is 5.10 Å². The van der Waals surface area contributed by atoms with Crippen molar-refractivity contribution in [2.75, 3.05) is 5.32 Å². The minimum absolute atomic E-state index is 0.234. The zero-order valence-electron chi connectivity index (χ0n) is 15.5. The highest BCUT2D eigenvalue weighted by Crippen LogP contribution is 2.15. The molecule has 7 heteroatoms. The zero-order chi connectivity index (χ0) is 19.7. The van der Waals surface area contributed by atoms with Crippen LogP contribution in [0, 0.1) is 6.92 Å². The Hall–Kier alpha value is -3.87. The van der Waals surface area contributed by atoms with Gasteiger partial charge in [0.25, 0.3) is 11.5 Å². The van der Waals surface area contributed by atoms with Crippen LogP contribution in [0.15, 0.2) is 77.7 Å². The molecule has 4 rings (SSSR count). The topological polar surface area (TPSA) is 73.8 Å². The maximum absolute atomic E-state index is 12.9. The summed E-state index contributed by atoms with van der Waals surface area (Å²) in [6.07, 6.45) is 1.71. The molecule has 1 N–H and O–H groups in total. The summed E-state index contributed by atoms with van der Waals surface area (Å²) in [6.45, 7) is 1.79. The number of para-hydroxylation sites is 2. The molecular weight excluding hydrogens is 354 g/mol. The van der Waals surface area contributed by atoms with Crippen LogP contribution in [0.1, 0.15) is 16.2 Å². The molecule has 0 aliphatic rings. The van der Waals surface area contributed by atoms with Crippen LogP contribution in [0.25, 0.3) is 11.4 Å². The second-order valence-corrected chi connectivity index (χ2v) is 6.37. The van der Waals surface area contributed by atoms with E-state index in [1.165, 1.54) is 4.68 Å². The monoisotopic (exact) mass is 373 g/mol. The van der Waals surface area contributed by atoms with Gasteiger partial charge in [0.1, 0.15) is 5.69 Å². The molecule has 0 bridgehead atoms. The van der Waals surface area contributed by atoms with E-state index in [1.807, 2.05) is 60.7 Å². The summed E-state index contributed by atoms with van der Waals surface area (Å²) in [7, 11) is 1.78. The second kappa shape index (κ2) is 7.03. The lowest BCUT2D eigenvalue weighted by atomic mass is 10.3. The van der Waals surface area contributed by atoms with Gasteiger partial charge >= 0.3 is 0 Å². The Balaban J connectivity index is 1.64. The standard InChI is InChI=1S/C21H19N5O2/c1-15-19(21(28)26(24(15)2)17-11-7-4-8-12-17)22-20(27)18-13-14-25(23-18)16-9-5-3-6-10-16/h3-14H,1-2H3,(H,22,27). The van der Waals surface area contributed by atoms with Gasteiger partial charge in [0, 0.05) is 13.2 Å². The highest BCUT2D eigenvalue weighted by atomic mass is 16.2. The number of amides is 1. The van der Waals surface area contributed by atoms with Gasteiger partial charge in [-0.1, -0.05) is 36.4 Å². The lowest BCUT2D eigenvalue weighted by Gasteiger charge is -2.07. The first-order valence-electron chi connectivity index (χ1n) is 8.83. The number of carbonyl (C=O) groups is 1.